The van der Waals surface area contributed by atoms with Crippen molar-refractivity contribution in [3.63, 3.8) is 0 Å². The first-order chi connectivity index (χ1) is 8.88. The number of rotatable bonds is 2. The van der Waals surface area contributed by atoms with Crippen molar-refractivity contribution < 1.29 is 69.1 Å². The molecule has 1 aromatic carbocycles. The van der Waals surface area contributed by atoms with E-state index in [2.05, 4.69) is 4.90 Å². The normalized spacial score (nSPS) is 16.7. The number of halogens is 3. The molecule has 0 saturated carbocycles. The molecular weight excluding hydrogens is 295 g/mol. The largest absolute Gasteiger partial charge is 1.00 e. The molecule has 2 rings (SSSR count). The van der Waals surface area contributed by atoms with Crippen LogP contribution < -0.4 is 56.8 Å². The van der Waals surface area contributed by atoms with E-state index in [1.165, 1.54) is 12.1 Å². The fourth-order valence-corrected chi connectivity index (χ4v) is 2.04. The van der Waals surface area contributed by atoms with Gasteiger partial charge in [0, 0.05) is 31.7 Å². The van der Waals surface area contributed by atoms with Crippen LogP contribution in [0.4, 0.5) is 12.9 Å². The van der Waals surface area contributed by atoms with Crippen molar-refractivity contribution in [2.45, 2.75) is 0 Å². The molecule has 3 nitrogen and oxygen atoms in total. The second-order valence-electron chi connectivity index (χ2n) is 4.79. The van der Waals surface area contributed by atoms with E-state index in [9.17, 15) is 17.7 Å². The summed E-state index contributed by atoms with van der Waals surface area (Å²) in [5.74, 6) is -0.200. The van der Waals surface area contributed by atoms with Crippen LogP contribution in [0.3, 0.4) is 0 Å². The molecule has 8 heteroatoms. The zero-order valence-corrected chi connectivity index (χ0v) is 14.8. The van der Waals surface area contributed by atoms with Gasteiger partial charge < -0.3 is 22.7 Å². The maximum atomic E-state index is 12.5. The van der Waals surface area contributed by atoms with E-state index in [0.29, 0.717) is 18.7 Å². The zero-order valence-electron chi connectivity index (χ0n) is 11.7. The van der Waals surface area contributed by atoms with Crippen LogP contribution in [0.5, 0.6) is 0 Å². The molecule has 1 amide bonds. The van der Waals surface area contributed by atoms with Crippen molar-refractivity contribution >= 4 is 18.3 Å². The van der Waals surface area contributed by atoms with Crippen LogP contribution in [0.25, 0.3) is 0 Å². The van der Waals surface area contributed by atoms with Gasteiger partial charge >= 0.3 is 58.4 Å². The Morgan fingerprint density at radius 2 is 1.55 bits per heavy atom. The number of piperazine rings is 1. The Kier molecular flexibility index (Phi) is 6.75. The van der Waals surface area contributed by atoms with Crippen LogP contribution in [0.2, 0.25) is 0 Å². The number of amides is 1. The van der Waals surface area contributed by atoms with E-state index in [0.717, 1.165) is 25.2 Å². The first kappa shape index (κ1) is 18.2. The van der Waals surface area contributed by atoms with Crippen LogP contribution in [-0.2, 0) is 0 Å². The molecule has 0 bridgehead atoms. The van der Waals surface area contributed by atoms with Gasteiger partial charge in [0.25, 0.3) is 5.91 Å². The molecule has 1 fully saturated rings. The summed E-state index contributed by atoms with van der Waals surface area (Å²) in [5, 5.41) is 0. The van der Waals surface area contributed by atoms with Gasteiger partial charge in [-0.05, 0) is 7.05 Å². The molecule has 0 unspecified atom stereocenters. The van der Waals surface area contributed by atoms with Crippen molar-refractivity contribution in [2.75, 3.05) is 33.2 Å². The quantitative estimate of drug-likeness (QED) is 0.598. The summed E-state index contributed by atoms with van der Waals surface area (Å²) in [7, 11) is 1.97. The summed E-state index contributed by atoms with van der Waals surface area (Å²) in [5.41, 5.74) is -0.358. The Labute approximate surface area is 159 Å². The van der Waals surface area contributed by atoms with Crippen molar-refractivity contribution in [1.29, 1.82) is 0 Å². The van der Waals surface area contributed by atoms with Crippen molar-refractivity contribution in [3.8, 4) is 0 Å². The molecule has 0 N–H and O–H groups in total. The fraction of sp³-hybridized carbons (Fsp3) is 0.417. The maximum absolute atomic E-state index is 12.5. The van der Waals surface area contributed by atoms with Crippen LogP contribution in [0, 0.1) is 0 Å². The van der Waals surface area contributed by atoms with E-state index in [-0.39, 0.29) is 57.3 Å². The Hall–Kier alpha value is 0.141. The predicted molar refractivity (Wildman–Crippen MR) is 68.6 cm³/mol. The second kappa shape index (κ2) is 7.42. The van der Waals surface area contributed by atoms with Crippen LogP contribution in [0.1, 0.15) is 10.4 Å². The molecule has 104 valence electrons. The molecule has 1 aliphatic rings. The smallest absolute Gasteiger partial charge is 0.445 e. The number of carbonyl (C=O) groups is 1. The Morgan fingerprint density at radius 3 is 2.00 bits per heavy atom. The van der Waals surface area contributed by atoms with Gasteiger partial charge in [0.2, 0.25) is 0 Å². The molecule has 1 aliphatic heterocycles. The first-order valence-electron chi connectivity index (χ1n) is 6.15. The van der Waals surface area contributed by atoms with Gasteiger partial charge in [-0.2, -0.15) is 0 Å². The van der Waals surface area contributed by atoms with Gasteiger partial charge in [-0.15, -0.1) is 5.46 Å². The minimum Gasteiger partial charge on any atom is -0.445 e. The molecule has 0 spiro atoms. The molecule has 1 saturated heterocycles. The summed E-state index contributed by atoms with van der Waals surface area (Å²) in [4.78, 5) is 15.9. The number of hydrogen-bond donors (Lipinski definition) is 0. The first-order valence-corrected chi connectivity index (χ1v) is 6.15. The minimum absolute atomic E-state index is 0. The molecule has 20 heavy (non-hydrogen) atoms. The van der Waals surface area contributed by atoms with Gasteiger partial charge in [0.1, 0.15) is 0 Å². The predicted octanol–water partition coefficient (Wildman–Crippen LogP) is -1.87. The van der Waals surface area contributed by atoms with Gasteiger partial charge in [-0.25, -0.2) is 0 Å². The monoisotopic (exact) mass is 310 g/mol. The van der Waals surface area contributed by atoms with Crippen molar-refractivity contribution in [3.05, 3.63) is 29.8 Å². The molecule has 1 heterocycles. The van der Waals surface area contributed by atoms with Crippen LogP contribution in [-0.4, -0.2) is 55.9 Å². The average Bonchev–Trinajstić information content (AvgIpc) is 2.38. The molecule has 0 radical (unpaired) electrons. The summed E-state index contributed by atoms with van der Waals surface area (Å²) in [6, 6.07) is 4.46. The Morgan fingerprint density at radius 1 is 1.05 bits per heavy atom. The van der Waals surface area contributed by atoms with E-state index in [1.807, 2.05) is 7.05 Å². The molecule has 0 atom stereocenters. The fourth-order valence-electron chi connectivity index (χ4n) is 2.04. The van der Waals surface area contributed by atoms with Gasteiger partial charge in [0.05, 0.1) is 0 Å². The van der Waals surface area contributed by atoms with Crippen LogP contribution >= 0.6 is 0 Å². The average molecular weight is 310 g/mol. The Bertz CT molecular complexity index is 459. The van der Waals surface area contributed by atoms with Crippen LogP contribution in [0.15, 0.2) is 24.3 Å². The van der Waals surface area contributed by atoms with E-state index in [4.69, 9.17) is 0 Å². The van der Waals surface area contributed by atoms with E-state index < -0.39 is 12.4 Å². The zero-order chi connectivity index (χ0) is 14.0. The third kappa shape index (κ3) is 4.57. The molecule has 0 aromatic heterocycles. The maximum Gasteiger partial charge on any atom is 1.00 e. The van der Waals surface area contributed by atoms with Crippen molar-refractivity contribution in [1.82, 2.24) is 9.80 Å². The van der Waals surface area contributed by atoms with Crippen molar-refractivity contribution in [2.24, 2.45) is 0 Å². The summed E-state index contributed by atoms with van der Waals surface area (Å²) in [6.45, 7) is -2.20. The van der Waals surface area contributed by atoms with Gasteiger partial charge in [-0.3, -0.25) is 4.79 Å². The molecular formula is C12H15BF3KN2O. The van der Waals surface area contributed by atoms with E-state index >= 15 is 0 Å². The number of carbonyl (C=O) groups excluding carboxylic acids is 1. The summed E-state index contributed by atoms with van der Waals surface area (Å²) in [6.07, 6.45) is 0. The van der Waals surface area contributed by atoms with Gasteiger partial charge in [0.15, 0.2) is 0 Å². The number of benzene rings is 1. The number of hydrogen-bond acceptors (Lipinski definition) is 2. The third-order valence-corrected chi connectivity index (χ3v) is 3.33. The minimum atomic E-state index is -5.00. The topological polar surface area (TPSA) is 23.6 Å². The summed E-state index contributed by atoms with van der Waals surface area (Å²) >= 11 is 0. The third-order valence-electron chi connectivity index (χ3n) is 3.33. The standard InChI is InChI=1S/C12H15BF3N2O.K/c1-17-6-8-18(9-7-17)12(19)10-2-4-11(5-3-10)13(14,15)16;/h2-5H,6-9H2,1H3;/q-1;+1. The summed E-state index contributed by atoms with van der Waals surface area (Å²) < 4.78 is 37.4. The molecule has 0 aliphatic carbocycles. The SMILES string of the molecule is CN1CCN(C(=O)c2ccc([B-](F)(F)F)cc2)CC1.[K+]. The molecule has 1 aromatic rings. The Balaban J connectivity index is 0.00000200. The van der Waals surface area contributed by atoms with Gasteiger partial charge in [-0.1, -0.05) is 24.3 Å². The van der Waals surface area contributed by atoms with E-state index in [1.54, 1.807) is 4.90 Å². The number of likely N-dealkylation sites (N-methyl/N-ethyl adjacent to an activating group) is 1. The number of nitrogens with zero attached hydrogens (tertiary/aromatic N) is 2. The second-order valence-corrected chi connectivity index (χ2v) is 4.79.